The molecule has 1 aliphatic heterocycles. The molecule has 0 aliphatic carbocycles. The van der Waals surface area contributed by atoms with Crippen LogP contribution in [0.1, 0.15) is 44.3 Å². The second kappa shape index (κ2) is 9.61. The van der Waals surface area contributed by atoms with Gasteiger partial charge in [-0.3, -0.25) is 4.98 Å². The van der Waals surface area contributed by atoms with Crippen molar-refractivity contribution in [3.8, 4) is 22.1 Å². The van der Waals surface area contributed by atoms with Gasteiger partial charge in [-0.25, -0.2) is 0 Å². The minimum atomic E-state index is -2.19. The van der Waals surface area contributed by atoms with E-state index >= 15 is 0 Å². The number of anilines is 1. The molecule has 0 N–H and O–H groups in total. The number of hydrogen-bond acceptors (Lipinski definition) is 6. The van der Waals surface area contributed by atoms with Crippen LogP contribution in [0.5, 0.6) is 10.8 Å². The third kappa shape index (κ3) is 4.46. The average molecular weight is 579 g/mol. The van der Waals surface area contributed by atoms with Crippen molar-refractivity contribution in [3.63, 3.8) is 0 Å². The predicted octanol–water partition coefficient (Wildman–Crippen LogP) is 10.4. The summed E-state index contributed by atoms with van der Waals surface area (Å²) in [4.78, 5) is 8.33. The number of aromatic nitrogens is 1. The number of pyridine rings is 1. The number of rotatable bonds is 4. The maximum atomic E-state index is 7.93. The molecule has 0 bridgehead atoms. The quantitative estimate of drug-likeness (QED) is 0.208. The van der Waals surface area contributed by atoms with E-state index in [0.29, 0.717) is 5.75 Å². The van der Waals surface area contributed by atoms with Crippen LogP contribution in [0.3, 0.4) is 0 Å². The smallest absolute Gasteiger partial charge is 0.182 e. The Kier molecular flexibility index (Phi) is 5.34. The molecule has 0 fully saturated rings. The summed E-state index contributed by atoms with van der Waals surface area (Å²) in [5.74, 6) is 0.700. The largest absolute Gasteiger partial charge is 0.447 e. The standard InChI is InChI=1S/C35H33N3OS2/c1-21-22(2)38(20-37(21)6)25-8-7-9-26(17-25)39-32-19-30-28(31-16-24(12-14-36-31)35(3,4)5)18-29-27(34(30)41-32)11-10-23-13-15-40-33(23)29/h7-19H,20H2,1-6H3/i6D3. The SMILES string of the molecule is [2H]C([2H])([2H])N1CN(c2cccc(Oc3cc4c(-c5cc(C(C)(C)C)ccn5)cc5c(ccc6ccsc65)c4s3)c2)C(C)=C1C. The van der Waals surface area contributed by atoms with Gasteiger partial charge in [-0.05, 0) is 72.0 Å². The Hall–Kier alpha value is -3.87. The molecule has 3 aromatic heterocycles. The van der Waals surface area contributed by atoms with E-state index in [1.165, 1.54) is 36.0 Å². The molecule has 6 aromatic rings. The van der Waals surface area contributed by atoms with E-state index < -0.39 is 6.98 Å². The molecular weight excluding hydrogens is 543 g/mol. The van der Waals surface area contributed by atoms with Gasteiger partial charge in [0.2, 0.25) is 0 Å². The first-order valence-electron chi connectivity index (χ1n) is 15.2. The Morgan fingerprint density at radius 3 is 2.59 bits per heavy atom. The Morgan fingerprint density at radius 2 is 1.78 bits per heavy atom. The van der Waals surface area contributed by atoms with Crippen molar-refractivity contribution in [2.24, 2.45) is 0 Å². The van der Waals surface area contributed by atoms with Crippen molar-refractivity contribution in [3.05, 3.63) is 95.3 Å². The van der Waals surface area contributed by atoms with E-state index in [-0.39, 0.29) is 12.1 Å². The molecular formula is C35H33N3OS2. The molecule has 3 aromatic carbocycles. The summed E-state index contributed by atoms with van der Waals surface area (Å²) in [6.07, 6.45) is 1.91. The summed E-state index contributed by atoms with van der Waals surface area (Å²) in [7, 11) is 0. The highest BCUT2D eigenvalue weighted by molar-refractivity contribution is 7.22. The number of fused-ring (bicyclic) bond motifs is 5. The first-order chi connectivity index (χ1) is 20.9. The summed E-state index contributed by atoms with van der Waals surface area (Å²) in [5, 5.41) is 7.73. The first kappa shape index (κ1) is 22.8. The topological polar surface area (TPSA) is 28.6 Å². The zero-order valence-corrected chi connectivity index (χ0v) is 25.4. The van der Waals surface area contributed by atoms with Crippen LogP contribution in [0.25, 0.3) is 42.2 Å². The lowest BCUT2D eigenvalue weighted by Crippen LogP contribution is -2.24. The normalized spacial score (nSPS) is 15.7. The van der Waals surface area contributed by atoms with Crippen LogP contribution in [0.4, 0.5) is 5.69 Å². The molecule has 6 heteroatoms. The molecule has 0 radical (unpaired) electrons. The van der Waals surface area contributed by atoms with Crippen LogP contribution in [-0.2, 0) is 5.41 Å². The van der Waals surface area contributed by atoms with Gasteiger partial charge < -0.3 is 14.5 Å². The number of allylic oxidation sites excluding steroid dienone is 2. The molecule has 4 nitrogen and oxygen atoms in total. The van der Waals surface area contributed by atoms with E-state index in [1.54, 1.807) is 22.7 Å². The fraction of sp³-hybridized carbons (Fsp3) is 0.229. The maximum absolute atomic E-state index is 7.93. The number of thiophene rings is 2. The number of benzene rings is 3. The fourth-order valence-corrected chi connectivity index (χ4v) is 7.54. The van der Waals surface area contributed by atoms with Gasteiger partial charge in [0.05, 0.1) is 12.4 Å². The van der Waals surface area contributed by atoms with Crippen molar-refractivity contribution in [1.82, 2.24) is 9.88 Å². The van der Waals surface area contributed by atoms with Crippen LogP contribution >= 0.6 is 22.7 Å². The third-order valence-corrected chi connectivity index (χ3v) is 10.1. The lowest BCUT2D eigenvalue weighted by atomic mass is 9.86. The van der Waals surface area contributed by atoms with Crippen LogP contribution in [0, 0.1) is 0 Å². The number of nitrogens with zero attached hydrogens (tertiary/aromatic N) is 3. The van der Waals surface area contributed by atoms with Crippen LogP contribution < -0.4 is 9.64 Å². The average Bonchev–Trinajstić information content (AvgIpc) is 3.70. The molecule has 206 valence electrons. The summed E-state index contributed by atoms with van der Waals surface area (Å²) in [5.41, 5.74) is 5.86. The lowest BCUT2D eigenvalue weighted by Gasteiger charge is -2.21. The Morgan fingerprint density at radius 1 is 0.902 bits per heavy atom. The summed E-state index contributed by atoms with van der Waals surface area (Å²) in [6, 6.07) is 23.2. The van der Waals surface area contributed by atoms with Gasteiger partial charge >= 0.3 is 0 Å². The van der Waals surface area contributed by atoms with Crippen LogP contribution in [0.15, 0.2) is 89.7 Å². The molecule has 0 saturated carbocycles. The highest BCUT2D eigenvalue weighted by atomic mass is 32.1. The molecule has 0 atom stereocenters. The van der Waals surface area contributed by atoms with Gasteiger partial charge in [-0.1, -0.05) is 50.3 Å². The molecule has 0 amide bonds. The fourth-order valence-electron chi connectivity index (χ4n) is 5.54. The molecule has 4 heterocycles. The van der Waals surface area contributed by atoms with Crippen molar-refractivity contribution >= 4 is 59.3 Å². The van der Waals surface area contributed by atoms with Gasteiger partial charge in [0.25, 0.3) is 0 Å². The summed E-state index contributed by atoms with van der Waals surface area (Å²) < 4.78 is 32.8. The van der Waals surface area contributed by atoms with Crippen LogP contribution in [0.2, 0.25) is 0 Å². The van der Waals surface area contributed by atoms with Crippen molar-refractivity contribution in [2.45, 2.75) is 40.0 Å². The van der Waals surface area contributed by atoms with E-state index in [0.717, 1.165) is 38.8 Å². The monoisotopic (exact) mass is 578 g/mol. The van der Waals surface area contributed by atoms with E-state index in [9.17, 15) is 0 Å². The highest BCUT2D eigenvalue weighted by Crippen LogP contribution is 2.46. The molecule has 0 spiro atoms. The van der Waals surface area contributed by atoms with Gasteiger partial charge in [-0.15, -0.1) is 11.3 Å². The minimum Gasteiger partial charge on any atom is -0.447 e. The third-order valence-electron chi connectivity index (χ3n) is 8.06. The van der Waals surface area contributed by atoms with Crippen molar-refractivity contribution in [1.29, 1.82) is 0 Å². The Labute approximate surface area is 253 Å². The summed E-state index contributed by atoms with van der Waals surface area (Å²) >= 11 is 3.41. The Bertz CT molecular complexity index is 2100. The minimum absolute atomic E-state index is 0.00452. The second-order valence-electron chi connectivity index (χ2n) is 11.7. The number of hydrogen-bond donors (Lipinski definition) is 0. The molecule has 7 rings (SSSR count). The molecule has 1 aliphatic rings. The highest BCUT2D eigenvalue weighted by Gasteiger charge is 2.23. The van der Waals surface area contributed by atoms with Gasteiger partial charge in [0, 0.05) is 77.6 Å². The van der Waals surface area contributed by atoms with Gasteiger partial charge in [0.1, 0.15) is 5.75 Å². The molecule has 0 saturated heterocycles. The van der Waals surface area contributed by atoms with E-state index in [2.05, 4.69) is 68.6 Å². The van der Waals surface area contributed by atoms with Gasteiger partial charge in [-0.2, -0.15) is 0 Å². The lowest BCUT2D eigenvalue weighted by molar-refractivity contribution is 0.459. The second-order valence-corrected chi connectivity index (χ2v) is 13.6. The first-order valence-corrected chi connectivity index (χ1v) is 15.4. The molecule has 41 heavy (non-hydrogen) atoms. The van der Waals surface area contributed by atoms with Gasteiger partial charge in [0.15, 0.2) is 5.06 Å². The van der Waals surface area contributed by atoms with Crippen molar-refractivity contribution < 1.29 is 8.85 Å². The zero-order valence-electron chi connectivity index (χ0n) is 26.8. The van der Waals surface area contributed by atoms with E-state index in [1.807, 2.05) is 49.2 Å². The number of ether oxygens (including phenoxy) is 1. The zero-order chi connectivity index (χ0) is 31.0. The van der Waals surface area contributed by atoms with E-state index in [4.69, 9.17) is 13.8 Å². The van der Waals surface area contributed by atoms with Crippen LogP contribution in [-0.4, -0.2) is 23.5 Å². The predicted molar refractivity (Wildman–Crippen MR) is 177 cm³/mol. The van der Waals surface area contributed by atoms with Crippen molar-refractivity contribution in [2.75, 3.05) is 18.5 Å². The summed E-state index contributed by atoms with van der Waals surface area (Å²) in [6.45, 7) is 8.57. The molecule has 0 unspecified atom stereocenters. The maximum Gasteiger partial charge on any atom is 0.182 e. The Balaban J connectivity index is 1.33.